The SMILES string of the molecule is CN1Cc2c(N)n[nH]c2C12CCC2. The molecule has 1 aromatic rings. The zero-order chi connectivity index (χ0) is 9.05. The molecule has 0 unspecified atom stereocenters. The van der Waals surface area contributed by atoms with E-state index in [9.17, 15) is 0 Å². The fourth-order valence-electron chi connectivity index (χ4n) is 2.65. The molecule has 1 fully saturated rings. The van der Waals surface area contributed by atoms with Crippen molar-refractivity contribution in [2.24, 2.45) is 0 Å². The van der Waals surface area contributed by atoms with Crippen LogP contribution >= 0.6 is 0 Å². The number of rotatable bonds is 0. The molecule has 0 saturated heterocycles. The molecule has 1 aliphatic heterocycles. The van der Waals surface area contributed by atoms with E-state index in [1.54, 1.807) is 0 Å². The quantitative estimate of drug-likeness (QED) is 0.618. The molecule has 13 heavy (non-hydrogen) atoms. The van der Waals surface area contributed by atoms with Gasteiger partial charge in [-0.2, -0.15) is 5.10 Å². The van der Waals surface area contributed by atoms with Gasteiger partial charge in [-0.05, 0) is 26.3 Å². The highest BCUT2D eigenvalue weighted by molar-refractivity contribution is 5.48. The van der Waals surface area contributed by atoms with Gasteiger partial charge in [0, 0.05) is 12.1 Å². The van der Waals surface area contributed by atoms with Gasteiger partial charge >= 0.3 is 0 Å². The maximum atomic E-state index is 5.79. The van der Waals surface area contributed by atoms with E-state index < -0.39 is 0 Å². The van der Waals surface area contributed by atoms with Crippen molar-refractivity contribution >= 4 is 5.82 Å². The van der Waals surface area contributed by atoms with Gasteiger partial charge < -0.3 is 5.73 Å². The molecule has 2 heterocycles. The summed E-state index contributed by atoms with van der Waals surface area (Å²) in [5.74, 6) is 0.686. The van der Waals surface area contributed by atoms with Crippen LogP contribution < -0.4 is 5.73 Å². The average Bonchev–Trinajstić information content (AvgIpc) is 2.47. The Labute approximate surface area is 77.1 Å². The van der Waals surface area contributed by atoms with Gasteiger partial charge in [0.15, 0.2) is 0 Å². The van der Waals surface area contributed by atoms with Gasteiger partial charge in [0.1, 0.15) is 5.82 Å². The lowest BCUT2D eigenvalue weighted by molar-refractivity contribution is 0.0457. The van der Waals surface area contributed by atoms with Crippen molar-refractivity contribution in [3.8, 4) is 0 Å². The molecule has 70 valence electrons. The number of nitrogens with zero attached hydrogens (tertiary/aromatic N) is 2. The fourth-order valence-corrected chi connectivity index (χ4v) is 2.65. The maximum absolute atomic E-state index is 5.79. The molecule has 0 amide bonds. The maximum Gasteiger partial charge on any atom is 0.150 e. The first-order chi connectivity index (χ1) is 6.24. The Balaban J connectivity index is 2.14. The summed E-state index contributed by atoms with van der Waals surface area (Å²) in [7, 11) is 2.17. The summed E-state index contributed by atoms with van der Waals surface area (Å²) in [5, 5.41) is 7.17. The third-order valence-electron chi connectivity index (χ3n) is 3.67. The molecule has 4 nitrogen and oxygen atoms in total. The number of fused-ring (bicyclic) bond motifs is 2. The Morgan fingerprint density at radius 3 is 2.92 bits per heavy atom. The molecule has 2 aliphatic rings. The zero-order valence-electron chi connectivity index (χ0n) is 7.80. The predicted molar refractivity (Wildman–Crippen MR) is 50.0 cm³/mol. The Kier molecular flexibility index (Phi) is 1.17. The fraction of sp³-hybridized carbons (Fsp3) is 0.667. The molecule has 3 rings (SSSR count). The molecule has 0 bridgehead atoms. The van der Waals surface area contributed by atoms with Gasteiger partial charge in [-0.1, -0.05) is 0 Å². The minimum atomic E-state index is 0.264. The third-order valence-corrected chi connectivity index (χ3v) is 3.67. The second-order valence-corrected chi connectivity index (χ2v) is 4.20. The average molecular weight is 178 g/mol. The van der Waals surface area contributed by atoms with Crippen LogP contribution in [-0.2, 0) is 12.1 Å². The van der Waals surface area contributed by atoms with Crippen LogP contribution in [0.1, 0.15) is 30.5 Å². The Morgan fingerprint density at radius 2 is 2.31 bits per heavy atom. The van der Waals surface area contributed by atoms with Crippen LogP contribution in [-0.4, -0.2) is 22.1 Å². The van der Waals surface area contributed by atoms with E-state index in [0.717, 1.165) is 6.54 Å². The van der Waals surface area contributed by atoms with E-state index >= 15 is 0 Å². The monoisotopic (exact) mass is 178 g/mol. The number of hydrogen-bond acceptors (Lipinski definition) is 3. The molecule has 3 N–H and O–H groups in total. The summed E-state index contributed by atoms with van der Waals surface area (Å²) >= 11 is 0. The predicted octanol–water partition coefficient (Wildman–Crippen LogP) is 0.817. The molecule has 4 heteroatoms. The van der Waals surface area contributed by atoms with E-state index in [4.69, 9.17) is 5.73 Å². The van der Waals surface area contributed by atoms with Crippen LogP contribution in [0.25, 0.3) is 0 Å². The highest BCUT2D eigenvalue weighted by Gasteiger charge is 2.49. The van der Waals surface area contributed by atoms with E-state index in [1.165, 1.54) is 30.5 Å². The molecule has 1 aromatic heterocycles. The number of aromatic amines is 1. The Morgan fingerprint density at radius 1 is 1.54 bits per heavy atom. The molecular formula is C9H14N4. The summed E-state index contributed by atoms with van der Waals surface area (Å²) in [6.45, 7) is 0.956. The first-order valence-electron chi connectivity index (χ1n) is 4.78. The molecule has 1 aliphatic carbocycles. The normalized spacial score (nSPS) is 24.7. The molecule has 0 radical (unpaired) electrons. The van der Waals surface area contributed by atoms with Crippen LogP contribution in [0.4, 0.5) is 5.82 Å². The molecule has 1 spiro atoms. The number of anilines is 1. The van der Waals surface area contributed by atoms with Crippen molar-refractivity contribution in [3.05, 3.63) is 11.3 Å². The lowest BCUT2D eigenvalue weighted by Gasteiger charge is -2.43. The smallest absolute Gasteiger partial charge is 0.150 e. The summed E-state index contributed by atoms with van der Waals surface area (Å²) in [5.41, 5.74) is 8.55. The van der Waals surface area contributed by atoms with Crippen LogP contribution in [0.5, 0.6) is 0 Å². The van der Waals surface area contributed by atoms with Gasteiger partial charge in [-0.25, -0.2) is 0 Å². The van der Waals surface area contributed by atoms with Gasteiger partial charge in [0.05, 0.1) is 11.2 Å². The Bertz CT molecular complexity index is 350. The van der Waals surface area contributed by atoms with Crippen molar-refractivity contribution in [3.63, 3.8) is 0 Å². The largest absolute Gasteiger partial charge is 0.382 e. The van der Waals surface area contributed by atoms with E-state index in [-0.39, 0.29) is 5.54 Å². The highest BCUT2D eigenvalue weighted by Crippen LogP contribution is 2.51. The second kappa shape index (κ2) is 2.07. The van der Waals surface area contributed by atoms with Crippen molar-refractivity contribution in [1.29, 1.82) is 0 Å². The number of hydrogen-bond donors (Lipinski definition) is 2. The minimum Gasteiger partial charge on any atom is -0.382 e. The molecule has 0 aromatic carbocycles. The second-order valence-electron chi connectivity index (χ2n) is 4.20. The standard InChI is InChI=1S/C9H14N4/c1-13-5-6-7(11-12-8(6)10)9(13)3-2-4-9/h2-5H2,1H3,(H3,10,11,12). The first-order valence-corrected chi connectivity index (χ1v) is 4.78. The lowest BCUT2D eigenvalue weighted by atomic mass is 9.74. The third kappa shape index (κ3) is 0.682. The van der Waals surface area contributed by atoms with Crippen molar-refractivity contribution in [1.82, 2.24) is 15.1 Å². The van der Waals surface area contributed by atoms with Gasteiger partial charge in [0.2, 0.25) is 0 Å². The topological polar surface area (TPSA) is 57.9 Å². The first kappa shape index (κ1) is 7.38. The number of H-pyrrole nitrogens is 1. The minimum absolute atomic E-state index is 0.264. The highest BCUT2D eigenvalue weighted by atomic mass is 15.3. The number of aromatic nitrogens is 2. The molecule has 0 atom stereocenters. The number of nitrogen functional groups attached to an aromatic ring is 1. The van der Waals surface area contributed by atoms with Gasteiger partial charge in [-0.15, -0.1) is 0 Å². The van der Waals surface area contributed by atoms with Crippen LogP contribution in [0.15, 0.2) is 0 Å². The van der Waals surface area contributed by atoms with Crippen molar-refractivity contribution in [2.75, 3.05) is 12.8 Å². The van der Waals surface area contributed by atoms with E-state index in [2.05, 4.69) is 22.1 Å². The number of nitrogens with two attached hydrogens (primary N) is 1. The van der Waals surface area contributed by atoms with Gasteiger partial charge in [0.25, 0.3) is 0 Å². The summed E-state index contributed by atoms with van der Waals surface area (Å²) in [4.78, 5) is 2.40. The lowest BCUT2D eigenvalue weighted by Crippen LogP contribution is -2.44. The van der Waals surface area contributed by atoms with E-state index in [1.807, 2.05) is 0 Å². The van der Waals surface area contributed by atoms with E-state index in [0.29, 0.717) is 5.82 Å². The number of nitrogens with one attached hydrogen (secondary N) is 1. The van der Waals surface area contributed by atoms with Crippen LogP contribution in [0.3, 0.4) is 0 Å². The van der Waals surface area contributed by atoms with Crippen LogP contribution in [0.2, 0.25) is 0 Å². The van der Waals surface area contributed by atoms with Crippen molar-refractivity contribution < 1.29 is 0 Å². The van der Waals surface area contributed by atoms with Gasteiger partial charge in [-0.3, -0.25) is 10.00 Å². The molecule has 1 saturated carbocycles. The van der Waals surface area contributed by atoms with Crippen molar-refractivity contribution in [2.45, 2.75) is 31.3 Å². The summed E-state index contributed by atoms with van der Waals surface area (Å²) in [6.07, 6.45) is 3.82. The summed E-state index contributed by atoms with van der Waals surface area (Å²) in [6, 6.07) is 0. The zero-order valence-corrected chi connectivity index (χ0v) is 7.80. The Hall–Kier alpha value is -1.03. The molecular weight excluding hydrogens is 164 g/mol. The van der Waals surface area contributed by atoms with Crippen LogP contribution in [0, 0.1) is 0 Å². The summed E-state index contributed by atoms with van der Waals surface area (Å²) < 4.78 is 0.